The third kappa shape index (κ3) is 2.68. The molecule has 4 rings (SSSR count). The fourth-order valence-electron chi connectivity index (χ4n) is 3.21. The number of aromatic amines is 1. The topological polar surface area (TPSA) is 68.7 Å². The number of amides is 1. The van der Waals surface area contributed by atoms with Crippen LogP contribution in [0.1, 0.15) is 31.7 Å². The first-order valence-electron chi connectivity index (χ1n) is 8.58. The van der Waals surface area contributed by atoms with E-state index in [2.05, 4.69) is 52.8 Å². The number of nitrogens with one attached hydrogen (secondary N) is 2. The van der Waals surface area contributed by atoms with Gasteiger partial charge in [0.15, 0.2) is 0 Å². The number of nitriles is 1. The Hall–Kier alpha value is -3.06. The molecule has 2 aromatic carbocycles. The smallest absolute Gasteiger partial charge is 0.224 e. The van der Waals surface area contributed by atoms with Gasteiger partial charge in [0.2, 0.25) is 5.91 Å². The van der Waals surface area contributed by atoms with E-state index >= 15 is 0 Å². The number of rotatable bonds is 4. The number of carbonyl (C=O) groups excluding carboxylic acids is 1. The number of fused-ring (bicyclic) bond motifs is 1. The molecule has 1 fully saturated rings. The molecule has 1 aliphatic rings. The summed E-state index contributed by atoms with van der Waals surface area (Å²) in [5, 5.41) is 13.3. The molecule has 25 heavy (non-hydrogen) atoms. The molecule has 0 bridgehead atoms. The Balaban J connectivity index is 1.68. The molecule has 0 radical (unpaired) electrons. The number of aromatic nitrogens is 1. The lowest BCUT2D eigenvalue weighted by atomic mass is 9.95. The lowest BCUT2D eigenvalue weighted by Crippen LogP contribution is -2.08. The second-order valence-electron chi connectivity index (χ2n) is 6.64. The molecule has 1 saturated carbocycles. The fraction of sp³-hybridized carbons (Fsp3) is 0.238. The summed E-state index contributed by atoms with van der Waals surface area (Å²) in [6.07, 6.45) is 4.20. The maximum atomic E-state index is 11.7. The Morgan fingerprint density at radius 3 is 2.56 bits per heavy atom. The number of hydrogen-bond donors (Lipinski definition) is 2. The summed E-state index contributed by atoms with van der Waals surface area (Å²) in [7, 11) is 0. The van der Waals surface area contributed by atoms with Gasteiger partial charge in [0.25, 0.3) is 0 Å². The molecule has 0 atom stereocenters. The van der Waals surface area contributed by atoms with Crippen molar-refractivity contribution >= 4 is 22.5 Å². The monoisotopic (exact) mass is 329 g/mol. The minimum absolute atomic E-state index is 0.00175. The minimum Gasteiger partial charge on any atom is -0.359 e. The van der Waals surface area contributed by atoms with E-state index in [1.165, 1.54) is 0 Å². The van der Waals surface area contributed by atoms with E-state index in [9.17, 15) is 10.1 Å². The zero-order valence-corrected chi connectivity index (χ0v) is 14.1. The lowest BCUT2D eigenvalue weighted by molar-refractivity contribution is -0.115. The Labute approximate surface area is 146 Å². The molecule has 0 unspecified atom stereocenters. The summed E-state index contributed by atoms with van der Waals surface area (Å²) >= 11 is 0. The molecule has 4 nitrogen and oxygen atoms in total. The van der Waals surface area contributed by atoms with Gasteiger partial charge in [-0.3, -0.25) is 4.79 Å². The first-order valence-corrected chi connectivity index (χ1v) is 8.58. The highest BCUT2D eigenvalue weighted by Gasteiger charge is 2.44. The molecule has 0 spiro atoms. The third-order valence-electron chi connectivity index (χ3n) is 5.01. The first kappa shape index (κ1) is 15.5. The molecular formula is C21H19N3O. The highest BCUT2D eigenvalue weighted by molar-refractivity contribution is 6.02. The Kier molecular flexibility index (Phi) is 3.58. The van der Waals surface area contributed by atoms with Crippen LogP contribution in [0.4, 0.5) is 5.69 Å². The van der Waals surface area contributed by atoms with Crippen molar-refractivity contribution < 1.29 is 4.79 Å². The van der Waals surface area contributed by atoms with Gasteiger partial charge in [0, 0.05) is 23.5 Å². The molecule has 124 valence electrons. The van der Waals surface area contributed by atoms with E-state index < -0.39 is 0 Å². The van der Waals surface area contributed by atoms with Crippen molar-refractivity contribution in [3.63, 3.8) is 0 Å². The highest BCUT2D eigenvalue weighted by atomic mass is 16.1. The van der Waals surface area contributed by atoms with Crippen LogP contribution in [0.15, 0.2) is 48.7 Å². The van der Waals surface area contributed by atoms with Gasteiger partial charge in [-0.15, -0.1) is 0 Å². The normalized spacial score (nSPS) is 14.9. The predicted octanol–water partition coefficient (Wildman–Crippen LogP) is 4.74. The second-order valence-corrected chi connectivity index (χ2v) is 6.64. The van der Waals surface area contributed by atoms with Gasteiger partial charge >= 0.3 is 0 Å². The SMILES string of the molecule is CCC(=O)Nc1c[nH]c2ccc(-c3ccc(C4(C#N)CC4)cc3)cc12. The van der Waals surface area contributed by atoms with Crippen LogP contribution < -0.4 is 5.32 Å². The summed E-state index contributed by atoms with van der Waals surface area (Å²) < 4.78 is 0. The Morgan fingerprint density at radius 2 is 1.92 bits per heavy atom. The molecular weight excluding hydrogens is 310 g/mol. The predicted molar refractivity (Wildman–Crippen MR) is 99.2 cm³/mol. The number of H-pyrrole nitrogens is 1. The Morgan fingerprint density at radius 1 is 1.20 bits per heavy atom. The average molecular weight is 329 g/mol. The average Bonchev–Trinajstić information content (AvgIpc) is 3.37. The molecule has 1 aromatic heterocycles. The van der Waals surface area contributed by atoms with Gasteiger partial charge in [-0.25, -0.2) is 0 Å². The van der Waals surface area contributed by atoms with Crippen molar-refractivity contribution in [2.45, 2.75) is 31.6 Å². The molecule has 0 saturated heterocycles. The zero-order chi connectivity index (χ0) is 17.4. The van der Waals surface area contributed by atoms with E-state index in [0.717, 1.165) is 46.1 Å². The van der Waals surface area contributed by atoms with Crippen molar-refractivity contribution in [1.29, 1.82) is 5.26 Å². The summed E-state index contributed by atoms with van der Waals surface area (Å²) in [5.74, 6) is 0.00175. The van der Waals surface area contributed by atoms with Crippen molar-refractivity contribution in [2.75, 3.05) is 5.32 Å². The quantitative estimate of drug-likeness (QED) is 0.726. The van der Waals surface area contributed by atoms with Gasteiger partial charge in [-0.05, 0) is 41.7 Å². The third-order valence-corrected chi connectivity index (χ3v) is 5.01. The maximum Gasteiger partial charge on any atom is 0.224 e. The summed E-state index contributed by atoms with van der Waals surface area (Å²) in [6.45, 7) is 1.84. The van der Waals surface area contributed by atoms with E-state index in [1.54, 1.807) is 0 Å². The van der Waals surface area contributed by atoms with Crippen LogP contribution in [0.5, 0.6) is 0 Å². The van der Waals surface area contributed by atoms with E-state index in [1.807, 2.05) is 19.2 Å². The summed E-state index contributed by atoms with van der Waals surface area (Å²) in [4.78, 5) is 14.9. The van der Waals surface area contributed by atoms with Crippen LogP contribution in [-0.2, 0) is 10.2 Å². The standard InChI is InChI=1S/C21H19N3O/c1-2-20(25)24-19-12-23-18-8-5-15(11-17(18)19)14-3-6-16(7-4-14)21(13-22)9-10-21/h3-8,11-12,23H,2,9-10H2,1H3,(H,24,25). The number of nitrogens with zero attached hydrogens (tertiary/aromatic N) is 1. The molecule has 0 aliphatic heterocycles. The largest absolute Gasteiger partial charge is 0.359 e. The molecule has 1 heterocycles. The highest BCUT2D eigenvalue weighted by Crippen LogP contribution is 2.47. The van der Waals surface area contributed by atoms with Gasteiger partial charge in [-0.2, -0.15) is 5.26 Å². The summed E-state index contributed by atoms with van der Waals surface area (Å²) in [6, 6.07) is 16.9. The fourth-order valence-corrected chi connectivity index (χ4v) is 3.21. The van der Waals surface area contributed by atoms with Crippen LogP contribution in [0.25, 0.3) is 22.0 Å². The Bertz CT molecular complexity index is 988. The van der Waals surface area contributed by atoms with Crippen LogP contribution in [0, 0.1) is 11.3 Å². The molecule has 1 amide bonds. The van der Waals surface area contributed by atoms with Crippen molar-refractivity contribution in [3.05, 3.63) is 54.2 Å². The zero-order valence-electron chi connectivity index (χ0n) is 14.1. The minimum atomic E-state index is -0.249. The van der Waals surface area contributed by atoms with Crippen molar-refractivity contribution in [1.82, 2.24) is 4.98 Å². The molecule has 2 N–H and O–H groups in total. The van der Waals surface area contributed by atoms with E-state index in [-0.39, 0.29) is 11.3 Å². The van der Waals surface area contributed by atoms with Crippen LogP contribution in [0.3, 0.4) is 0 Å². The summed E-state index contributed by atoms with van der Waals surface area (Å²) in [5.41, 5.74) is 4.86. The number of hydrogen-bond acceptors (Lipinski definition) is 2. The van der Waals surface area contributed by atoms with Gasteiger partial charge < -0.3 is 10.3 Å². The molecule has 1 aliphatic carbocycles. The number of carbonyl (C=O) groups is 1. The van der Waals surface area contributed by atoms with Gasteiger partial charge in [0.05, 0.1) is 17.2 Å². The van der Waals surface area contributed by atoms with E-state index in [4.69, 9.17) is 0 Å². The van der Waals surface area contributed by atoms with E-state index in [0.29, 0.717) is 6.42 Å². The lowest BCUT2D eigenvalue weighted by Gasteiger charge is -2.08. The van der Waals surface area contributed by atoms with Crippen molar-refractivity contribution in [3.8, 4) is 17.2 Å². The molecule has 3 aromatic rings. The van der Waals surface area contributed by atoms with Crippen LogP contribution in [0.2, 0.25) is 0 Å². The first-order chi connectivity index (χ1) is 12.1. The number of anilines is 1. The van der Waals surface area contributed by atoms with Gasteiger partial charge in [-0.1, -0.05) is 37.3 Å². The maximum absolute atomic E-state index is 11.7. The second kappa shape index (κ2) is 5.78. The van der Waals surface area contributed by atoms with Crippen LogP contribution in [-0.4, -0.2) is 10.9 Å². The molecule has 4 heteroatoms. The van der Waals surface area contributed by atoms with Crippen molar-refractivity contribution in [2.24, 2.45) is 0 Å². The van der Waals surface area contributed by atoms with Crippen LogP contribution >= 0.6 is 0 Å². The number of benzene rings is 2. The van der Waals surface area contributed by atoms with Gasteiger partial charge in [0.1, 0.15) is 0 Å².